The Morgan fingerprint density at radius 2 is 2.18 bits per heavy atom. The van der Waals surface area contributed by atoms with Gasteiger partial charge in [-0.3, -0.25) is 9.32 Å². The molecule has 0 bridgehead atoms. The van der Waals surface area contributed by atoms with E-state index in [1.165, 1.54) is 12.4 Å². The van der Waals surface area contributed by atoms with Gasteiger partial charge < -0.3 is 20.2 Å². The summed E-state index contributed by atoms with van der Waals surface area (Å²) in [6.07, 6.45) is 2.97. The van der Waals surface area contributed by atoms with Crippen molar-refractivity contribution in [1.82, 2.24) is 5.32 Å². The summed E-state index contributed by atoms with van der Waals surface area (Å²) in [6.45, 7) is 1.17. The number of phosphoric acid groups is 1. The van der Waals surface area contributed by atoms with Gasteiger partial charge in [0.1, 0.15) is 5.92 Å². The van der Waals surface area contributed by atoms with E-state index in [-0.39, 0.29) is 17.8 Å². The van der Waals surface area contributed by atoms with E-state index in [1.54, 1.807) is 25.1 Å². The van der Waals surface area contributed by atoms with Crippen LogP contribution >= 0.6 is 23.8 Å². The molecule has 2 rings (SSSR count). The summed E-state index contributed by atoms with van der Waals surface area (Å²) in [6, 6.07) is 5.69. The molecule has 1 aliphatic heterocycles. The highest BCUT2D eigenvalue weighted by atomic mass is 79.9. The van der Waals surface area contributed by atoms with Crippen molar-refractivity contribution < 1.29 is 38.6 Å². The summed E-state index contributed by atoms with van der Waals surface area (Å²) >= 11 is 3.33. The Labute approximate surface area is 169 Å². The van der Waals surface area contributed by atoms with Crippen LogP contribution in [0.3, 0.4) is 0 Å². The third-order valence-electron chi connectivity index (χ3n) is 4.14. The summed E-state index contributed by atoms with van der Waals surface area (Å²) in [5.74, 6) is -2.25. The third kappa shape index (κ3) is 6.65. The molecule has 28 heavy (non-hydrogen) atoms. The Bertz CT molecular complexity index is 852. The molecule has 3 atom stereocenters. The molecule has 0 saturated heterocycles. The number of halogens is 1. The van der Waals surface area contributed by atoms with Crippen LogP contribution in [0.25, 0.3) is 0 Å². The minimum atomic E-state index is -4.71. The first-order valence-electron chi connectivity index (χ1n) is 8.32. The van der Waals surface area contributed by atoms with Crippen LogP contribution < -0.4 is 10.3 Å². The molecule has 0 saturated carbocycles. The summed E-state index contributed by atoms with van der Waals surface area (Å²) in [5, 5.41) is 12.3. The maximum Gasteiger partial charge on any atom is 0.469 e. The zero-order valence-electron chi connectivity index (χ0n) is 14.9. The Morgan fingerprint density at radius 3 is 2.79 bits per heavy atom. The van der Waals surface area contributed by atoms with Gasteiger partial charge in [-0.25, -0.2) is 14.4 Å². The summed E-state index contributed by atoms with van der Waals surface area (Å²) in [5.41, 5.74) is 1.07. The molecule has 5 N–H and O–H groups in total. The summed E-state index contributed by atoms with van der Waals surface area (Å²) in [4.78, 5) is 44.6. The molecule has 0 aliphatic carbocycles. The zero-order chi connectivity index (χ0) is 20.9. The SMILES string of the molecule is CC1NC=C(COP(=O)(O)O)C(C=[NH+]C(Cc2cccc(Br)c2)C(=O)O)C1=O. The number of Topliss-reactive ketones (excluding diaryl/α,β-unsaturated/α-hetero) is 1. The molecule has 152 valence electrons. The number of phosphoric ester groups is 1. The molecular formula is C17H21BrN2O7P+. The average molecular weight is 476 g/mol. The van der Waals surface area contributed by atoms with Crippen molar-refractivity contribution in [3.05, 3.63) is 46.1 Å². The van der Waals surface area contributed by atoms with E-state index in [1.807, 2.05) is 6.07 Å². The fourth-order valence-corrected chi connectivity index (χ4v) is 3.43. The topological polar surface area (TPSA) is 147 Å². The monoisotopic (exact) mass is 475 g/mol. The highest BCUT2D eigenvalue weighted by Gasteiger charge is 2.34. The Kier molecular flexibility index (Phi) is 7.68. The maximum atomic E-state index is 12.5. The van der Waals surface area contributed by atoms with Gasteiger partial charge in [0.2, 0.25) is 0 Å². The van der Waals surface area contributed by atoms with Crippen molar-refractivity contribution in [1.29, 1.82) is 0 Å². The largest absolute Gasteiger partial charge is 0.476 e. The fourth-order valence-electron chi connectivity index (χ4n) is 2.66. The number of aliphatic carboxylic acids is 1. The van der Waals surface area contributed by atoms with Gasteiger partial charge in [-0.05, 0) is 36.4 Å². The van der Waals surface area contributed by atoms with Crippen LogP contribution in [0, 0.1) is 5.92 Å². The molecule has 0 fully saturated rings. The van der Waals surface area contributed by atoms with Crippen molar-refractivity contribution in [3.63, 3.8) is 0 Å². The maximum absolute atomic E-state index is 12.5. The standard InChI is InChI=1S/C17H20BrN2O7P/c1-10-16(21)14(12(7-19-10)9-27-28(24,25)26)8-20-15(17(22)23)6-11-3-2-4-13(18)5-11/h2-5,7-8,10,14-15,19H,6,9H2,1H3,(H,22,23)(H2,24,25,26)/p+1. The lowest BCUT2D eigenvalue weighted by Gasteiger charge is -2.24. The number of hydrogen-bond donors (Lipinski definition) is 5. The van der Waals surface area contributed by atoms with E-state index in [4.69, 9.17) is 9.79 Å². The van der Waals surface area contributed by atoms with Crippen LogP contribution in [-0.4, -0.2) is 51.6 Å². The quantitative estimate of drug-likeness (QED) is 0.255. The van der Waals surface area contributed by atoms with Crippen LogP contribution in [-0.2, 0) is 25.1 Å². The van der Waals surface area contributed by atoms with Crippen molar-refractivity contribution in [2.45, 2.75) is 25.4 Å². The Morgan fingerprint density at radius 1 is 1.46 bits per heavy atom. The molecule has 11 heteroatoms. The first kappa shape index (κ1) is 22.4. The lowest BCUT2D eigenvalue weighted by Crippen LogP contribution is -2.81. The smallest absolute Gasteiger partial charge is 0.469 e. The minimum Gasteiger partial charge on any atom is -0.476 e. The number of rotatable bonds is 8. The van der Waals surface area contributed by atoms with E-state index in [0.29, 0.717) is 0 Å². The van der Waals surface area contributed by atoms with Crippen LogP contribution in [0.4, 0.5) is 0 Å². The summed E-state index contributed by atoms with van der Waals surface area (Å²) < 4.78 is 16.2. The van der Waals surface area contributed by atoms with Gasteiger partial charge in [0.25, 0.3) is 6.04 Å². The van der Waals surface area contributed by atoms with E-state index >= 15 is 0 Å². The van der Waals surface area contributed by atoms with Crippen LogP contribution in [0.1, 0.15) is 12.5 Å². The molecule has 1 aliphatic rings. The van der Waals surface area contributed by atoms with Crippen molar-refractivity contribution in [2.24, 2.45) is 5.92 Å². The second-order valence-corrected chi connectivity index (χ2v) is 8.46. The lowest BCUT2D eigenvalue weighted by molar-refractivity contribution is -0.486. The third-order valence-corrected chi connectivity index (χ3v) is 5.10. The van der Waals surface area contributed by atoms with Crippen LogP contribution in [0.15, 0.2) is 40.5 Å². The number of carboxylic acid groups (broad SMARTS) is 1. The molecule has 1 aromatic carbocycles. The molecule has 0 amide bonds. The lowest BCUT2D eigenvalue weighted by atomic mass is 9.90. The second kappa shape index (κ2) is 9.58. The van der Waals surface area contributed by atoms with E-state index < -0.39 is 38.4 Å². The number of benzene rings is 1. The van der Waals surface area contributed by atoms with Gasteiger partial charge >= 0.3 is 13.8 Å². The van der Waals surface area contributed by atoms with E-state index in [0.717, 1.165) is 10.0 Å². The molecule has 1 heterocycles. The van der Waals surface area contributed by atoms with Gasteiger partial charge in [-0.2, -0.15) is 0 Å². The molecule has 1 aromatic rings. The van der Waals surface area contributed by atoms with Gasteiger partial charge in [0, 0.05) is 10.9 Å². The fraction of sp³-hybridized carbons (Fsp3) is 0.353. The number of hydrogen-bond acceptors (Lipinski definition) is 5. The van der Waals surface area contributed by atoms with Gasteiger partial charge in [-0.15, -0.1) is 0 Å². The Balaban J connectivity index is 2.20. The van der Waals surface area contributed by atoms with Crippen molar-refractivity contribution in [3.8, 4) is 0 Å². The molecular weight excluding hydrogens is 455 g/mol. The second-order valence-electron chi connectivity index (χ2n) is 6.31. The minimum absolute atomic E-state index is 0.179. The highest BCUT2D eigenvalue weighted by molar-refractivity contribution is 9.10. The van der Waals surface area contributed by atoms with Crippen molar-refractivity contribution >= 4 is 41.7 Å². The predicted octanol–water partition coefficient (Wildman–Crippen LogP) is -0.234. The number of nitrogens with one attached hydrogen (secondary N) is 2. The van der Waals surface area contributed by atoms with Gasteiger partial charge in [0.15, 0.2) is 12.0 Å². The van der Waals surface area contributed by atoms with E-state index in [2.05, 4.69) is 30.8 Å². The van der Waals surface area contributed by atoms with Gasteiger partial charge in [-0.1, -0.05) is 28.1 Å². The van der Waals surface area contributed by atoms with Crippen LogP contribution in [0.5, 0.6) is 0 Å². The first-order chi connectivity index (χ1) is 13.1. The average Bonchev–Trinajstić information content (AvgIpc) is 2.59. The molecule has 0 aromatic heterocycles. The molecule has 0 spiro atoms. The van der Waals surface area contributed by atoms with E-state index in [9.17, 15) is 19.3 Å². The molecule has 0 radical (unpaired) electrons. The van der Waals surface area contributed by atoms with Crippen molar-refractivity contribution in [2.75, 3.05) is 6.61 Å². The molecule has 9 nitrogen and oxygen atoms in total. The first-order valence-corrected chi connectivity index (χ1v) is 10.6. The zero-order valence-corrected chi connectivity index (χ0v) is 17.4. The number of carbonyl (C=O) groups excluding carboxylic acids is 1. The summed E-state index contributed by atoms with van der Waals surface area (Å²) in [7, 11) is -4.71. The number of ketones is 1. The normalized spacial score (nSPS) is 21.3. The molecule has 3 unspecified atom stereocenters. The Hall–Kier alpha value is -1.84. The number of carboxylic acids is 1. The van der Waals surface area contributed by atoms with Crippen LogP contribution in [0.2, 0.25) is 0 Å². The number of carbonyl (C=O) groups is 2. The van der Waals surface area contributed by atoms with Gasteiger partial charge in [0.05, 0.1) is 12.6 Å². The predicted molar refractivity (Wildman–Crippen MR) is 103 cm³/mol. The highest BCUT2D eigenvalue weighted by Crippen LogP contribution is 2.37.